The van der Waals surface area contributed by atoms with Gasteiger partial charge in [0.1, 0.15) is 23.2 Å². The summed E-state index contributed by atoms with van der Waals surface area (Å²) in [5.74, 6) is -0.0839. The van der Waals surface area contributed by atoms with Crippen molar-refractivity contribution in [3.63, 3.8) is 0 Å². The van der Waals surface area contributed by atoms with Crippen LogP contribution in [0.1, 0.15) is 31.2 Å². The Morgan fingerprint density at radius 1 is 1.00 bits per heavy atom. The lowest BCUT2D eigenvalue weighted by Crippen LogP contribution is -2.33. The SMILES string of the molecule is CCOc1ccc(N=CC2C(=O)CC(c3ccccc3)CC2=O)cc1. The lowest BCUT2D eigenvalue weighted by atomic mass is 9.77. The van der Waals surface area contributed by atoms with E-state index < -0.39 is 5.92 Å². The molecule has 0 bridgehead atoms. The maximum atomic E-state index is 12.4. The number of rotatable bonds is 5. The molecule has 0 atom stereocenters. The number of ketones is 2. The highest BCUT2D eigenvalue weighted by Gasteiger charge is 2.34. The van der Waals surface area contributed by atoms with Gasteiger partial charge in [0.25, 0.3) is 0 Å². The average molecular weight is 335 g/mol. The zero-order valence-electron chi connectivity index (χ0n) is 14.2. The van der Waals surface area contributed by atoms with E-state index >= 15 is 0 Å². The minimum absolute atomic E-state index is 0.0173. The lowest BCUT2D eigenvalue weighted by Gasteiger charge is -2.24. The second-order valence-electron chi connectivity index (χ2n) is 6.13. The number of benzene rings is 2. The summed E-state index contributed by atoms with van der Waals surface area (Å²) in [6.07, 6.45) is 2.26. The van der Waals surface area contributed by atoms with Crippen LogP contribution < -0.4 is 4.74 Å². The van der Waals surface area contributed by atoms with E-state index in [0.717, 1.165) is 11.3 Å². The molecule has 1 saturated carbocycles. The Morgan fingerprint density at radius 3 is 2.24 bits per heavy atom. The molecule has 4 heteroatoms. The van der Waals surface area contributed by atoms with Gasteiger partial charge < -0.3 is 4.74 Å². The highest BCUT2D eigenvalue weighted by molar-refractivity contribution is 6.16. The van der Waals surface area contributed by atoms with Crippen LogP contribution >= 0.6 is 0 Å². The van der Waals surface area contributed by atoms with Gasteiger partial charge in [-0.3, -0.25) is 14.6 Å². The fourth-order valence-corrected chi connectivity index (χ4v) is 3.07. The Labute approximate surface area is 147 Å². The van der Waals surface area contributed by atoms with Crippen molar-refractivity contribution in [2.24, 2.45) is 10.9 Å². The number of hydrogen-bond acceptors (Lipinski definition) is 4. The molecule has 2 aromatic carbocycles. The summed E-state index contributed by atoms with van der Waals surface area (Å²) in [6, 6.07) is 17.0. The van der Waals surface area contributed by atoms with Crippen molar-refractivity contribution >= 4 is 23.5 Å². The lowest BCUT2D eigenvalue weighted by molar-refractivity contribution is -0.133. The number of carbonyl (C=O) groups excluding carboxylic acids is 2. The fraction of sp³-hybridized carbons (Fsp3) is 0.286. The molecule has 0 aliphatic heterocycles. The third kappa shape index (κ3) is 4.21. The van der Waals surface area contributed by atoms with E-state index in [1.807, 2.05) is 61.5 Å². The van der Waals surface area contributed by atoms with Crippen LogP contribution in [0.3, 0.4) is 0 Å². The molecule has 4 nitrogen and oxygen atoms in total. The van der Waals surface area contributed by atoms with Crippen LogP contribution in [0.5, 0.6) is 5.75 Å². The molecule has 0 saturated heterocycles. The first-order chi connectivity index (χ1) is 12.2. The summed E-state index contributed by atoms with van der Waals surface area (Å²) in [4.78, 5) is 29.1. The standard InChI is InChI=1S/C21H21NO3/c1-2-25-18-10-8-17(9-11-18)22-14-19-20(23)12-16(13-21(19)24)15-6-4-3-5-7-15/h3-11,14,16,19H,2,12-13H2,1H3. The van der Waals surface area contributed by atoms with Crippen LogP contribution in [0.2, 0.25) is 0 Å². The molecule has 128 valence electrons. The fourth-order valence-electron chi connectivity index (χ4n) is 3.07. The Kier molecular flexibility index (Phi) is 5.39. The monoisotopic (exact) mass is 335 g/mol. The number of aliphatic imine (C=N–C) groups is 1. The Hall–Kier alpha value is -2.75. The second kappa shape index (κ2) is 7.88. The molecule has 0 amide bonds. The van der Waals surface area contributed by atoms with Crippen LogP contribution in [0.4, 0.5) is 5.69 Å². The second-order valence-corrected chi connectivity index (χ2v) is 6.13. The van der Waals surface area contributed by atoms with Gasteiger partial charge in [0.2, 0.25) is 0 Å². The van der Waals surface area contributed by atoms with E-state index in [1.54, 1.807) is 0 Å². The largest absolute Gasteiger partial charge is 0.494 e. The third-order valence-corrected chi connectivity index (χ3v) is 4.38. The van der Waals surface area contributed by atoms with E-state index in [-0.39, 0.29) is 17.5 Å². The molecule has 0 aromatic heterocycles. The summed E-state index contributed by atoms with van der Waals surface area (Å²) in [5.41, 5.74) is 1.75. The van der Waals surface area contributed by atoms with Crippen molar-refractivity contribution in [1.82, 2.24) is 0 Å². The molecule has 25 heavy (non-hydrogen) atoms. The number of ether oxygens (including phenoxy) is 1. The normalized spacial score (nSPS) is 20.8. The van der Waals surface area contributed by atoms with Crippen LogP contribution in [-0.2, 0) is 9.59 Å². The molecule has 0 unspecified atom stereocenters. The summed E-state index contributed by atoms with van der Waals surface area (Å²) < 4.78 is 5.38. The van der Waals surface area contributed by atoms with Gasteiger partial charge in [0, 0.05) is 19.1 Å². The molecule has 0 heterocycles. The average Bonchev–Trinajstić information content (AvgIpc) is 2.63. The predicted octanol–water partition coefficient (Wildman–Crippen LogP) is 4.12. The third-order valence-electron chi connectivity index (χ3n) is 4.38. The minimum Gasteiger partial charge on any atom is -0.494 e. The molecule has 0 spiro atoms. The van der Waals surface area contributed by atoms with Gasteiger partial charge in [0.15, 0.2) is 0 Å². The van der Waals surface area contributed by atoms with E-state index in [4.69, 9.17) is 4.74 Å². The molecule has 3 rings (SSSR count). The zero-order valence-corrected chi connectivity index (χ0v) is 14.2. The molecule has 0 N–H and O–H groups in total. The predicted molar refractivity (Wildman–Crippen MR) is 97.7 cm³/mol. The van der Waals surface area contributed by atoms with Crippen molar-refractivity contribution in [1.29, 1.82) is 0 Å². The minimum atomic E-state index is -0.730. The van der Waals surface area contributed by atoms with Gasteiger partial charge >= 0.3 is 0 Å². The Balaban J connectivity index is 1.67. The van der Waals surface area contributed by atoms with Crippen LogP contribution in [0.15, 0.2) is 59.6 Å². The number of hydrogen-bond donors (Lipinski definition) is 0. The highest BCUT2D eigenvalue weighted by atomic mass is 16.5. The van der Waals surface area contributed by atoms with Crippen molar-refractivity contribution in [3.8, 4) is 5.75 Å². The van der Waals surface area contributed by atoms with Crippen LogP contribution in [0.25, 0.3) is 0 Å². The highest BCUT2D eigenvalue weighted by Crippen LogP contribution is 2.31. The van der Waals surface area contributed by atoms with E-state index in [9.17, 15) is 9.59 Å². The van der Waals surface area contributed by atoms with E-state index in [0.29, 0.717) is 25.1 Å². The first kappa shape index (κ1) is 17.1. The first-order valence-electron chi connectivity index (χ1n) is 8.54. The Bertz CT molecular complexity index is 747. The van der Waals surface area contributed by atoms with Gasteiger partial charge in [0.05, 0.1) is 12.3 Å². The van der Waals surface area contributed by atoms with Gasteiger partial charge in [-0.05, 0) is 42.7 Å². The van der Waals surface area contributed by atoms with Crippen molar-refractivity contribution < 1.29 is 14.3 Å². The van der Waals surface area contributed by atoms with Gasteiger partial charge in [-0.25, -0.2) is 0 Å². The molecule has 0 radical (unpaired) electrons. The molecule has 1 aliphatic rings. The quantitative estimate of drug-likeness (QED) is 0.610. The van der Waals surface area contributed by atoms with E-state index in [2.05, 4.69) is 4.99 Å². The summed E-state index contributed by atoms with van der Waals surface area (Å²) in [6.45, 7) is 2.53. The van der Waals surface area contributed by atoms with Gasteiger partial charge in [-0.2, -0.15) is 0 Å². The van der Waals surface area contributed by atoms with Crippen LogP contribution in [0, 0.1) is 5.92 Å². The maximum Gasteiger partial charge on any atom is 0.149 e. The summed E-state index contributed by atoms with van der Waals surface area (Å²) >= 11 is 0. The van der Waals surface area contributed by atoms with Crippen molar-refractivity contribution in [2.75, 3.05) is 6.61 Å². The molecule has 1 fully saturated rings. The van der Waals surface area contributed by atoms with Crippen molar-refractivity contribution in [2.45, 2.75) is 25.7 Å². The topological polar surface area (TPSA) is 55.7 Å². The molecule has 1 aliphatic carbocycles. The van der Waals surface area contributed by atoms with Gasteiger partial charge in [-0.1, -0.05) is 30.3 Å². The maximum absolute atomic E-state index is 12.4. The number of Topliss-reactive ketones (excluding diaryl/α,β-unsaturated/α-hetero) is 2. The zero-order chi connectivity index (χ0) is 17.6. The van der Waals surface area contributed by atoms with Crippen LogP contribution in [-0.4, -0.2) is 24.4 Å². The summed E-state index contributed by atoms with van der Waals surface area (Å²) in [7, 11) is 0. The first-order valence-corrected chi connectivity index (χ1v) is 8.54. The molecular formula is C21H21NO3. The summed E-state index contributed by atoms with van der Waals surface area (Å²) in [5, 5.41) is 0. The Morgan fingerprint density at radius 2 is 1.64 bits per heavy atom. The smallest absolute Gasteiger partial charge is 0.149 e. The van der Waals surface area contributed by atoms with E-state index in [1.165, 1.54) is 6.21 Å². The molecule has 2 aromatic rings. The van der Waals surface area contributed by atoms with Crippen molar-refractivity contribution in [3.05, 3.63) is 60.2 Å². The number of nitrogens with zero attached hydrogens (tertiary/aromatic N) is 1. The molecular weight excluding hydrogens is 314 g/mol. The number of carbonyl (C=O) groups is 2. The van der Waals surface area contributed by atoms with Gasteiger partial charge in [-0.15, -0.1) is 0 Å².